The molecule has 1 N–H and O–H groups in total. The van der Waals surface area contributed by atoms with Crippen LogP contribution < -0.4 is 14.8 Å². The number of piperazine rings is 1. The summed E-state index contributed by atoms with van der Waals surface area (Å²) < 4.78 is 10.9. The van der Waals surface area contributed by atoms with Crippen LogP contribution in [0.25, 0.3) is 0 Å². The Morgan fingerprint density at radius 1 is 1.17 bits per heavy atom. The third kappa shape index (κ3) is 6.62. The minimum absolute atomic E-state index is 0. The van der Waals surface area contributed by atoms with Crippen LogP contribution in [0.1, 0.15) is 18.4 Å². The first kappa shape index (κ1) is 25.0. The van der Waals surface area contributed by atoms with Crippen molar-refractivity contribution in [3.05, 3.63) is 23.8 Å². The summed E-state index contributed by atoms with van der Waals surface area (Å²) in [6, 6.07) is 6.59. The molecule has 1 saturated heterocycles. The number of likely N-dealkylation sites (N-methyl/N-ethyl adjacent to an activating group) is 1. The van der Waals surface area contributed by atoms with Gasteiger partial charge < -0.3 is 24.6 Å². The summed E-state index contributed by atoms with van der Waals surface area (Å²) in [5, 5.41) is 3.62. The highest BCUT2D eigenvalue weighted by Gasteiger charge is 2.33. The first-order valence-electron chi connectivity index (χ1n) is 10.6. The maximum absolute atomic E-state index is 5.54. The number of hydrogen-bond donors (Lipinski definition) is 1. The van der Waals surface area contributed by atoms with Gasteiger partial charge in [0.1, 0.15) is 11.5 Å². The van der Waals surface area contributed by atoms with Gasteiger partial charge in [0, 0.05) is 57.9 Å². The highest BCUT2D eigenvalue weighted by molar-refractivity contribution is 14.0. The molecule has 1 unspecified atom stereocenters. The standard InChI is InChI=1S/C22H37N5O2.HI/c1-23-22(24-15-20(25(2)3)17-6-7-17)27-12-10-26(11-13-27)16-18-14-19(28-4)8-9-21(18)29-5;/h8-9,14,17,20H,6-7,10-13,15-16H2,1-5H3,(H,23,24);1H. The third-order valence-electron chi connectivity index (χ3n) is 6.06. The molecule has 2 fully saturated rings. The molecule has 170 valence electrons. The van der Waals surface area contributed by atoms with Gasteiger partial charge in [0.15, 0.2) is 5.96 Å². The predicted octanol–water partition coefficient (Wildman–Crippen LogP) is 2.36. The zero-order valence-electron chi connectivity index (χ0n) is 19.1. The molecule has 1 aliphatic heterocycles. The second kappa shape index (κ2) is 12.0. The van der Waals surface area contributed by atoms with Crippen LogP contribution in [0, 0.1) is 5.92 Å². The molecule has 1 saturated carbocycles. The number of aliphatic imine (C=N–C) groups is 1. The summed E-state index contributed by atoms with van der Waals surface area (Å²) in [6.45, 7) is 5.78. The van der Waals surface area contributed by atoms with Crippen LogP contribution in [0.3, 0.4) is 0 Å². The molecule has 2 aliphatic rings. The molecule has 7 nitrogen and oxygen atoms in total. The number of benzene rings is 1. The zero-order valence-corrected chi connectivity index (χ0v) is 21.4. The molecule has 1 aromatic carbocycles. The van der Waals surface area contributed by atoms with Gasteiger partial charge in [0.25, 0.3) is 0 Å². The van der Waals surface area contributed by atoms with Gasteiger partial charge in [-0.3, -0.25) is 9.89 Å². The van der Waals surface area contributed by atoms with E-state index in [-0.39, 0.29) is 24.0 Å². The Balaban J connectivity index is 0.00000320. The summed E-state index contributed by atoms with van der Waals surface area (Å²) >= 11 is 0. The lowest BCUT2D eigenvalue weighted by molar-refractivity contribution is 0.169. The maximum Gasteiger partial charge on any atom is 0.193 e. The highest BCUT2D eigenvalue weighted by Crippen LogP contribution is 2.34. The summed E-state index contributed by atoms with van der Waals surface area (Å²) in [5.41, 5.74) is 1.17. The quantitative estimate of drug-likeness (QED) is 0.316. The van der Waals surface area contributed by atoms with E-state index in [0.717, 1.165) is 62.6 Å². The fraction of sp³-hybridized carbons (Fsp3) is 0.682. The number of ether oxygens (including phenoxy) is 2. The molecule has 30 heavy (non-hydrogen) atoms. The first-order chi connectivity index (χ1) is 14.0. The van der Waals surface area contributed by atoms with E-state index in [1.54, 1.807) is 14.2 Å². The topological polar surface area (TPSA) is 52.6 Å². The van der Waals surface area contributed by atoms with Gasteiger partial charge in [-0.1, -0.05) is 0 Å². The second-order valence-corrected chi connectivity index (χ2v) is 8.24. The molecule has 3 rings (SSSR count). The number of halogens is 1. The van der Waals surface area contributed by atoms with Crippen molar-refractivity contribution >= 4 is 29.9 Å². The average Bonchev–Trinajstić information content (AvgIpc) is 3.57. The molecular formula is C22H38IN5O2. The van der Waals surface area contributed by atoms with Crippen molar-refractivity contribution in [2.75, 3.05) is 68.1 Å². The Morgan fingerprint density at radius 3 is 2.40 bits per heavy atom. The van der Waals surface area contributed by atoms with Crippen molar-refractivity contribution in [2.24, 2.45) is 10.9 Å². The molecule has 1 aliphatic carbocycles. The van der Waals surface area contributed by atoms with E-state index in [1.807, 2.05) is 19.2 Å². The van der Waals surface area contributed by atoms with Crippen molar-refractivity contribution in [3.8, 4) is 11.5 Å². The average molecular weight is 531 g/mol. The number of nitrogens with one attached hydrogen (secondary N) is 1. The first-order valence-corrected chi connectivity index (χ1v) is 10.6. The third-order valence-corrected chi connectivity index (χ3v) is 6.06. The van der Waals surface area contributed by atoms with E-state index in [0.29, 0.717) is 6.04 Å². The summed E-state index contributed by atoms with van der Waals surface area (Å²) in [6.07, 6.45) is 2.71. The number of guanidine groups is 1. The van der Waals surface area contributed by atoms with Crippen LogP contribution in [0.15, 0.2) is 23.2 Å². The van der Waals surface area contributed by atoms with Crippen molar-refractivity contribution in [1.82, 2.24) is 20.0 Å². The summed E-state index contributed by atoms with van der Waals surface area (Å²) in [4.78, 5) is 11.7. The van der Waals surface area contributed by atoms with Crippen molar-refractivity contribution in [3.63, 3.8) is 0 Å². The van der Waals surface area contributed by atoms with Gasteiger partial charge in [0.05, 0.1) is 14.2 Å². The normalized spacial score (nSPS) is 18.7. The lowest BCUT2D eigenvalue weighted by Gasteiger charge is -2.37. The van der Waals surface area contributed by atoms with Crippen LogP contribution in [0.2, 0.25) is 0 Å². The molecule has 0 amide bonds. The van der Waals surface area contributed by atoms with Gasteiger partial charge in [-0.25, -0.2) is 0 Å². The molecule has 0 radical (unpaired) electrons. The second-order valence-electron chi connectivity index (χ2n) is 8.24. The van der Waals surface area contributed by atoms with Crippen LogP contribution in [-0.2, 0) is 6.54 Å². The fourth-order valence-corrected chi connectivity index (χ4v) is 4.14. The zero-order chi connectivity index (χ0) is 20.8. The van der Waals surface area contributed by atoms with Gasteiger partial charge >= 0.3 is 0 Å². The molecule has 0 spiro atoms. The highest BCUT2D eigenvalue weighted by atomic mass is 127. The van der Waals surface area contributed by atoms with Gasteiger partial charge in [-0.15, -0.1) is 24.0 Å². The van der Waals surface area contributed by atoms with Gasteiger partial charge in [0.2, 0.25) is 0 Å². The van der Waals surface area contributed by atoms with E-state index < -0.39 is 0 Å². The van der Waals surface area contributed by atoms with Crippen LogP contribution >= 0.6 is 24.0 Å². The Bertz CT molecular complexity index is 686. The molecule has 1 atom stereocenters. The van der Waals surface area contributed by atoms with E-state index in [1.165, 1.54) is 18.4 Å². The molecular weight excluding hydrogens is 493 g/mol. The number of rotatable bonds is 8. The fourth-order valence-electron chi connectivity index (χ4n) is 4.14. The molecule has 0 bridgehead atoms. The largest absolute Gasteiger partial charge is 0.497 e. The monoisotopic (exact) mass is 531 g/mol. The predicted molar refractivity (Wildman–Crippen MR) is 133 cm³/mol. The molecule has 0 aromatic heterocycles. The number of nitrogens with zero attached hydrogens (tertiary/aromatic N) is 4. The number of hydrogen-bond acceptors (Lipinski definition) is 5. The van der Waals surface area contributed by atoms with Gasteiger partial charge in [-0.2, -0.15) is 0 Å². The molecule has 1 heterocycles. The van der Waals surface area contributed by atoms with Crippen LogP contribution in [0.4, 0.5) is 0 Å². The van der Waals surface area contributed by atoms with E-state index in [2.05, 4.69) is 45.2 Å². The SMILES string of the molecule is CN=C(NCC(C1CC1)N(C)C)N1CCN(Cc2cc(OC)ccc2OC)CC1.I. The van der Waals surface area contributed by atoms with Crippen molar-refractivity contribution < 1.29 is 9.47 Å². The lowest BCUT2D eigenvalue weighted by Crippen LogP contribution is -2.54. The molecule has 1 aromatic rings. The Kier molecular flexibility index (Phi) is 9.96. The van der Waals surface area contributed by atoms with E-state index >= 15 is 0 Å². The smallest absolute Gasteiger partial charge is 0.193 e. The van der Waals surface area contributed by atoms with E-state index in [9.17, 15) is 0 Å². The Hall–Kier alpha value is -1.26. The minimum Gasteiger partial charge on any atom is -0.497 e. The minimum atomic E-state index is 0. The summed E-state index contributed by atoms with van der Waals surface area (Å²) in [7, 11) is 9.67. The van der Waals surface area contributed by atoms with Crippen LogP contribution in [0.5, 0.6) is 11.5 Å². The van der Waals surface area contributed by atoms with E-state index in [4.69, 9.17) is 9.47 Å². The van der Waals surface area contributed by atoms with Gasteiger partial charge in [-0.05, 0) is 51.1 Å². The Labute approximate surface area is 198 Å². The van der Waals surface area contributed by atoms with Crippen molar-refractivity contribution in [1.29, 1.82) is 0 Å². The summed E-state index contributed by atoms with van der Waals surface area (Å²) in [5.74, 6) is 3.65. The van der Waals surface area contributed by atoms with Crippen LogP contribution in [-0.4, -0.2) is 94.8 Å². The van der Waals surface area contributed by atoms with Crippen molar-refractivity contribution in [2.45, 2.75) is 25.4 Å². The Morgan fingerprint density at radius 2 is 1.87 bits per heavy atom. The molecule has 8 heteroatoms. The maximum atomic E-state index is 5.54. The lowest BCUT2D eigenvalue weighted by atomic mass is 10.1. The number of methoxy groups -OCH3 is 2.